The predicted octanol–water partition coefficient (Wildman–Crippen LogP) is 4.05. The highest BCUT2D eigenvalue weighted by atomic mass is 32.2. The fourth-order valence-electron chi connectivity index (χ4n) is 4.83. The molecule has 1 fully saturated rings. The van der Waals surface area contributed by atoms with Crippen LogP contribution in [0.15, 0.2) is 76.0 Å². The summed E-state index contributed by atoms with van der Waals surface area (Å²) in [6.07, 6.45) is 0.370. The SMILES string of the molecule is O=S1(=O)N=C(c2nc(Cc3ccc(F)cc3)c3ccccc3c2O)c2cccc(N3CCOCC3)c21. The van der Waals surface area contributed by atoms with Crippen LogP contribution in [-0.2, 0) is 21.2 Å². The molecule has 2 aliphatic heterocycles. The van der Waals surface area contributed by atoms with Crippen molar-refractivity contribution in [1.29, 1.82) is 0 Å². The normalized spacial score (nSPS) is 16.7. The van der Waals surface area contributed by atoms with E-state index in [1.165, 1.54) is 12.1 Å². The molecule has 0 spiro atoms. The lowest BCUT2D eigenvalue weighted by molar-refractivity contribution is 0.122. The third-order valence-electron chi connectivity index (χ3n) is 6.54. The van der Waals surface area contributed by atoms with E-state index in [9.17, 15) is 17.9 Å². The van der Waals surface area contributed by atoms with Crippen LogP contribution in [0, 0.1) is 5.82 Å². The molecule has 182 valence electrons. The number of benzene rings is 3. The Morgan fingerprint density at radius 3 is 2.42 bits per heavy atom. The Hall–Kier alpha value is -3.82. The van der Waals surface area contributed by atoms with E-state index in [1.54, 1.807) is 42.5 Å². The van der Waals surface area contributed by atoms with Crippen molar-refractivity contribution in [2.75, 3.05) is 31.2 Å². The minimum atomic E-state index is -4.02. The van der Waals surface area contributed by atoms with E-state index in [0.717, 1.165) is 10.9 Å². The van der Waals surface area contributed by atoms with E-state index in [2.05, 4.69) is 4.40 Å². The molecule has 0 bridgehead atoms. The average molecular weight is 504 g/mol. The molecule has 7 nitrogen and oxygen atoms in total. The minimum Gasteiger partial charge on any atom is -0.505 e. The zero-order valence-electron chi connectivity index (χ0n) is 19.2. The van der Waals surface area contributed by atoms with Crippen LogP contribution in [0.25, 0.3) is 10.8 Å². The molecule has 3 aromatic carbocycles. The zero-order chi connectivity index (χ0) is 24.9. The van der Waals surface area contributed by atoms with Gasteiger partial charge in [-0.3, -0.25) is 0 Å². The summed E-state index contributed by atoms with van der Waals surface area (Å²) in [4.78, 5) is 6.83. The highest BCUT2D eigenvalue weighted by molar-refractivity contribution is 7.91. The van der Waals surface area contributed by atoms with Gasteiger partial charge in [0.25, 0.3) is 10.0 Å². The molecule has 9 heteroatoms. The van der Waals surface area contributed by atoms with Crippen molar-refractivity contribution in [1.82, 2.24) is 4.98 Å². The smallest absolute Gasteiger partial charge is 0.285 e. The second-order valence-electron chi connectivity index (χ2n) is 8.77. The number of aromatic nitrogens is 1. The second kappa shape index (κ2) is 8.69. The predicted molar refractivity (Wildman–Crippen MR) is 135 cm³/mol. The molecular formula is C27H22FN3O4S. The van der Waals surface area contributed by atoms with E-state index >= 15 is 0 Å². The van der Waals surface area contributed by atoms with Crippen LogP contribution < -0.4 is 4.90 Å². The van der Waals surface area contributed by atoms with E-state index in [0.29, 0.717) is 55.1 Å². The van der Waals surface area contributed by atoms with Crippen molar-refractivity contribution in [2.45, 2.75) is 11.3 Å². The number of pyridine rings is 1. The summed E-state index contributed by atoms with van der Waals surface area (Å²) in [5.41, 5.74) is 2.66. The van der Waals surface area contributed by atoms with Crippen molar-refractivity contribution in [3.8, 4) is 5.75 Å². The van der Waals surface area contributed by atoms with Gasteiger partial charge in [-0.25, -0.2) is 9.37 Å². The van der Waals surface area contributed by atoms with Crippen molar-refractivity contribution in [3.63, 3.8) is 0 Å². The monoisotopic (exact) mass is 503 g/mol. The van der Waals surface area contributed by atoms with Crippen molar-refractivity contribution < 1.29 is 22.7 Å². The number of rotatable bonds is 4. The number of ether oxygens (including phenoxy) is 1. The van der Waals surface area contributed by atoms with Gasteiger partial charge in [0.1, 0.15) is 22.1 Å². The molecule has 36 heavy (non-hydrogen) atoms. The van der Waals surface area contributed by atoms with E-state index in [-0.39, 0.29) is 27.9 Å². The molecule has 0 atom stereocenters. The lowest BCUT2D eigenvalue weighted by Gasteiger charge is -2.30. The summed E-state index contributed by atoms with van der Waals surface area (Å²) in [5, 5.41) is 12.5. The van der Waals surface area contributed by atoms with Gasteiger partial charge < -0.3 is 14.7 Å². The first-order valence-electron chi connectivity index (χ1n) is 11.6. The van der Waals surface area contributed by atoms with E-state index in [1.807, 2.05) is 17.0 Å². The number of hydrogen-bond donors (Lipinski definition) is 1. The van der Waals surface area contributed by atoms with Crippen molar-refractivity contribution >= 4 is 32.2 Å². The van der Waals surface area contributed by atoms with Gasteiger partial charge >= 0.3 is 0 Å². The lowest BCUT2D eigenvalue weighted by Crippen LogP contribution is -2.37. The largest absolute Gasteiger partial charge is 0.505 e. The summed E-state index contributed by atoms with van der Waals surface area (Å²) in [7, 11) is -4.02. The van der Waals surface area contributed by atoms with Gasteiger partial charge in [0.05, 0.1) is 24.6 Å². The van der Waals surface area contributed by atoms with Crippen LogP contribution in [-0.4, -0.2) is 50.5 Å². The van der Waals surface area contributed by atoms with Gasteiger partial charge in [0, 0.05) is 35.8 Å². The maximum atomic E-state index is 13.4. The van der Waals surface area contributed by atoms with Crippen LogP contribution >= 0.6 is 0 Å². The molecule has 1 aromatic heterocycles. The van der Waals surface area contributed by atoms with E-state index in [4.69, 9.17) is 9.72 Å². The van der Waals surface area contributed by atoms with Crippen LogP contribution in [0.4, 0.5) is 10.1 Å². The Balaban J connectivity index is 1.53. The molecule has 0 unspecified atom stereocenters. The highest BCUT2D eigenvalue weighted by Gasteiger charge is 2.36. The van der Waals surface area contributed by atoms with Gasteiger partial charge in [-0.15, -0.1) is 0 Å². The molecule has 2 aliphatic rings. The van der Waals surface area contributed by atoms with Gasteiger partial charge in [-0.2, -0.15) is 12.8 Å². The number of hydrogen-bond acceptors (Lipinski definition) is 6. The highest BCUT2D eigenvalue weighted by Crippen LogP contribution is 2.40. The number of morpholine rings is 1. The molecule has 4 aromatic rings. The van der Waals surface area contributed by atoms with E-state index < -0.39 is 10.0 Å². The van der Waals surface area contributed by atoms with Crippen LogP contribution in [0.3, 0.4) is 0 Å². The average Bonchev–Trinajstić information content (AvgIpc) is 3.18. The number of aromatic hydroxyl groups is 1. The first-order chi connectivity index (χ1) is 17.4. The fourth-order valence-corrected chi connectivity index (χ4v) is 6.25. The third kappa shape index (κ3) is 3.81. The molecule has 0 saturated carbocycles. The number of nitrogens with zero attached hydrogens (tertiary/aromatic N) is 3. The molecule has 1 saturated heterocycles. The first kappa shape index (κ1) is 22.6. The minimum absolute atomic E-state index is 0.104. The van der Waals surface area contributed by atoms with Gasteiger partial charge in [0.15, 0.2) is 5.75 Å². The topological polar surface area (TPSA) is 92.1 Å². The maximum absolute atomic E-state index is 13.4. The number of anilines is 1. The zero-order valence-corrected chi connectivity index (χ0v) is 20.0. The molecule has 0 radical (unpaired) electrons. The Kier molecular flexibility index (Phi) is 5.46. The van der Waals surface area contributed by atoms with Crippen LogP contribution in [0.5, 0.6) is 5.75 Å². The van der Waals surface area contributed by atoms with Crippen LogP contribution in [0.1, 0.15) is 22.5 Å². The molecule has 3 heterocycles. The molecule has 6 rings (SSSR count). The number of sulfonamides is 1. The summed E-state index contributed by atoms with van der Waals surface area (Å²) >= 11 is 0. The maximum Gasteiger partial charge on any atom is 0.285 e. The van der Waals surface area contributed by atoms with Gasteiger partial charge in [-0.05, 0) is 23.8 Å². The molecule has 1 N–H and O–H groups in total. The van der Waals surface area contributed by atoms with Crippen molar-refractivity contribution in [2.24, 2.45) is 4.40 Å². The molecule has 0 amide bonds. The third-order valence-corrected chi connectivity index (χ3v) is 7.91. The number of halogens is 1. The Bertz CT molecular complexity index is 1630. The Morgan fingerprint density at radius 2 is 1.67 bits per heavy atom. The molecular weight excluding hydrogens is 481 g/mol. The first-order valence-corrected chi connectivity index (χ1v) is 13.0. The summed E-state index contributed by atoms with van der Waals surface area (Å²) in [6, 6.07) is 18.6. The van der Waals surface area contributed by atoms with Crippen LogP contribution in [0.2, 0.25) is 0 Å². The fraction of sp³-hybridized carbons (Fsp3) is 0.185. The van der Waals surface area contributed by atoms with Gasteiger partial charge in [0.2, 0.25) is 0 Å². The lowest BCUT2D eigenvalue weighted by atomic mass is 9.98. The molecule has 0 aliphatic carbocycles. The van der Waals surface area contributed by atoms with Gasteiger partial charge in [-0.1, -0.05) is 48.5 Å². The summed E-state index contributed by atoms with van der Waals surface area (Å²) in [6.45, 7) is 2.17. The summed E-state index contributed by atoms with van der Waals surface area (Å²) in [5.74, 6) is -0.465. The Morgan fingerprint density at radius 1 is 0.944 bits per heavy atom. The number of fused-ring (bicyclic) bond motifs is 2. The van der Waals surface area contributed by atoms with Crippen molar-refractivity contribution in [3.05, 3.63) is 95.1 Å². The quantitative estimate of drug-likeness (QED) is 0.452. The Labute approximate surface area is 207 Å². The second-order valence-corrected chi connectivity index (χ2v) is 10.3. The summed E-state index contributed by atoms with van der Waals surface area (Å²) < 4.78 is 49.6. The standard InChI is InChI=1S/C27H22FN3O4S/c28-18-10-8-17(9-11-18)16-22-19-4-1-2-5-20(19)26(32)25(29-22)24-21-6-3-7-23(27(21)36(33,34)30-24)31-12-14-35-15-13-31/h1-11,32H,12-16H2.